The summed E-state index contributed by atoms with van der Waals surface area (Å²) in [6, 6.07) is 0.768. The molecule has 0 fully saturated rings. The highest BCUT2D eigenvalue weighted by atomic mass is 16.3. The van der Waals surface area contributed by atoms with Crippen LogP contribution in [-0.2, 0) is 6.54 Å². The summed E-state index contributed by atoms with van der Waals surface area (Å²) in [7, 11) is 0. The van der Waals surface area contributed by atoms with Gasteiger partial charge in [-0.15, -0.1) is 0 Å². The predicted molar refractivity (Wildman–Crippen MR) is 69.8 cm³/mol. The van der Waals surface area contributed by atoms with Crippen LogP contribution in [-0.4, -0.2) is 27.5 Å². The second kappa shape index (κ2) is 6.77. The quantitative estimate of drug-likeness (QED) is 0.764. The first-order chi connectivity index (χ1) is 8.04. The molecule has 0 aliphatic heterocycles. The second-order valence-corrected chi connectivity index (χ2v) is 5.17. The Morgan fingerprint density at radius 2 is 2.06 bits per heavy atom. The van der Waals surface area contributed by atoms with Gasteiger partial charge in [0.15, 0.2) is 0 Å². The van der Waals surface area contributed by atoms with Gasteiger partial charge in [0.1, 0.15) is 0 Å². The van der Waals surface area contributed by atoms with Crippen LogP contribution in [0.3, 0.4) is 0 Å². The van der Waals surface area contributed by atoms with E-state index in [-0.39, 0.29) is 6.61 Å². The fourth-order valence-corrected chi connectivity index (χ4v) is 1.81. The molecule has 0 saturated carbocycles. The Morgan fingerprint density at radius 1 is 1.35 bits per heavy atom. The van der Waals surface area contributed by atoms with Gasteiger partial charge in [0.05, 0.1) is 6.20 Å². The van der Waals surface area contributed by atoms with Crippen LogP contribution in [0, 0.1) is 5.92 Å². The fraction of sp³-hybridized carbons (Fsp3) is 0.769. The third kappa shape index (κ3) is 4.48. The molecular weight excluding hydrogens is 214 g/mol. The number of aliphatic hydroxyl groups excluding tert-OH is 1. The summed E-state index contributed by atoms with van der Waals surface area (Å²) in [5.74, 6) is 0.530. The Kier molecular flexibility index (Phi) is 5.65. The molecule has 0 saturated heterocycles. The van der Waals surface area contributed by atoms with Crippen molar-refractivity contribution < 1.29 is 5.11 Å². The highest BCUT2D eigenvalue weighted by Gasteiger charge is 2.12. The van der Waals surface area contributed by atoms with Crippen molar-refractivity contribution >= 4 is 0 Å². The number of aliphatic hydroxyl groups is 1. The molecule has 0 aliphatic carbocycles. The van der Waals surface area contributed by atoms with Crippen molar-refractivity contribution in [3.63, 3.8) is 0 Å². The summed E-state index contributed by atoms with van der Waals surface area (Å²) in [4.78, 5) is 0. The minimum atomic E-state index is 0.237. The van der Waals surface area contributed by atoms with E-state index < -0.39 is 0 Å². The Bertz CT molecular complexity index is 320. The summed E-state index contributed by atoms with van der Waals surface area (Å²) in [6.07, 6.45) is 4.79. The molecule has 0 amide bonds. The van der Waals surface area contributed by atoms with Crippen LogP contribution in [0.15, 0.2) is 12.4 Å². The van der Waals surface area contributed by atoms with Crippen LogP contribution < -0.4 is 5.32 Å². The Hall–Kier alpha value is -0.870. The number of rotatable bonds is 7. The maximum atomic E-state index is 9.00. The van der Waals surface area contributed by atoms with Gasteiger partial charge in [-0.2, -0.15) is 5.10 Å². The van der Waals surface area contributed by atoms with Gasteiger partial charge in [-0.3, -0.25) is 4.68 Å². The van der Waals surface area contributed by atoms with Gasteiger partial charge >= 0.3 is 0 Å². The third-order valence-corrected chi connectivity index (χ3v) is 3.00. The van der Waals surface area contributed by atoms with Crippen molar-refractivity contribution in [2.24, 2.45) is 5.92 Å². The average molecular weight is 239 g/mol. The van der Waals surface area contributed by atoms with E-state index in [2.05, 4.69) is 44.3 Å². The van der Waals surface area contributed by atoms with Crippen LogP contribution in [0.1, 0.15) is 45.7 Å². The standard InChI is InChI=1S/C13H25N3O/c1-10(2)13(5-6-17)14-7-12-8-15-16(9-12)11(3)4/h8-11,13-14,17H,5-7H2,1-4H3. The minimum absolute atomic E-state index is 0.237. The van der Waals surface area contributed by atoms with E-state index in [1.165, 1.54) is 5.56 Å². The highest BCUT2D eigenvalue weighted by Crippen LogP contribution is 2.09. The molecule has 0 bridgehead atoms. The minimum Gasteiger partial charge on any atom is -0.396 e. The second-order valence-electron chi connectivity index (χ2n) is 5.17. The van der Waals surface area contributed by atoms with Gasteiger partial charge in [-0.05, 0) is 26.2 Å². The normalized spacial score (nSPS) is 13.6. The van der Waals surface area contributed by atoms with Gasteiger partial charge in [-0.25, -0.2) is 0 Å². The van der Waals surface area contributed by atoms with Crippen LogP contribution in [0.5, 0.6) is 0 Å². The van der Waals surface area contributed by atoms with Crippen molar-refractivity contribution in [3.05, 3.63) is 18.0 Å². The van der Waals surface area contributed by atoms with E-state index >= 15 is 0 Å². The molecule has 1 atom stereocenters. The highest BCUT2D eigenvalue weighted by molar-refractivity contribution is 5.04. The summed E-state index contributed by atoms with van der Waals surface area (Å²) in [5.41, 5.74) is 1.20. The SMILES string of the molecule is CC(C)C(CCO)NCc1cnn(C(C)C)c1. The molecule has 0 spiro atoms. The molecular formula is C13H25N3O. The predicted octanol–water partition coefficient (Wildman–Crippen LogP) is 1.96. The van der Waals surface area contributed by atoms with E-state index in [0.717, 1.165) is 13.0 Å². The van der Waals surface area contributed by atoms with E-state index in [4.69, 9.17) is 5.11 Å². The van der Waals surface area contributed by atoms with Gasteiger partial charge in [-0.1, -0.05) is 13.8 Å². The van der Waals surface area contributed by atoms with Crippen molar-refractivity contribution in [3.8, 4) is 0 Å². The lowest BCUT2D eigenvalue weighted by Gasteiger charge is -2.21. The largest absolute Gasteiger partial charge is 0.396 e. The summed E-state index contributed by atoms with van der Waals surface area (Å²) < 4.78 is 1.97. The van der Waals surface area contributed by atoms with E-state index in [1.54, 1.807) is 0 Å². The van der Waals surface area contributed by atoms with Crippen molar-refractivity contribution in [2.45, 2.75) is 52.7 Å². The van der Waals surface area contributed by atoms with Gasteiger partial charge in [0.2, 0.25) is 0 Å². The Labute approximate surface area is 104 Å². The van der Waals surface area contributed by atoms with Crippen molar-refractivity contribution in [1.29, 1.82) is 0 Å². The summed E-state index contributed by atoms with van der Waals surface area (Å²) in [6.45, 7) is 9.63. The zero-order chi connectivity index (χ0) is 12.8. The number of hydrogen-bond acceptors (Lipinski definition) is 3. The molecule has 1 aromatic rings. The smallest absolute Gasteiger partial charge is 0.0534 e. The first-order valence-corrected chi connectivity index (χ1v) is 6.41. The molecule has 2 N–H and O–H groups in total. The average Bonchev–Trinajstić information content (AvgIpc) is 2.72. The van der Waals surface area contributed by atoms with E-state index in [9.17, 15) is 0 Å². The van der Waals surface area contributed by atoms with Gasteiger partial charge in [0.25, 0.3) is 0 Å². The summed E-state index contributed by atoms with van der Waals surface area (Å²) >= 11 is 0. The number of hydrogen-bond donors (Lipinski definition) is 2. The van der Waals surface area contributed by atoms with Crippen LogP contribution in [0.25, 0.3) is 0 Å². The first kappa shape index (κ1) is 14.2. The first-order valence-electron chi connectivity index (χ1n) is 6.41. The van der Waals surface area contributed by atoms with Crippen molar-refractivity contribution in [1.82, 2.24) is 15.1 Å². The molecule has 17 heavy (non-hydrogen) atoms. The zero-order valence-electron chi connectivity index (χ0n) is 11.3. The molecule has 0 aromatic carbocycles. The van der Waals surface area contributed by atoms with Crippen LogP contribution in [0.2, 0.25) is 0 Å². The molecule has 1 unspecified atom stereocenters. The van der Waals surface area contributed by atoms with Crippen molar-refractivity contribution in [2.75, 3.05) is 6.61 Å². The third-order valence-electron chi connectivity index (χ3n) is 3.00. The topological polar surface area (TPSA) is 50.1 Å². The monoisotopic (exact) mass is 239 g/mol. The molecule has 0 radical (unpaired) electrons. The lowest BCUT2D eigenvalue weighted by molar-refractivity contribution is 0.244. The molecule has 4 nitrogen and oxygen atoms in total. The molecule has 1 rings (SSSR count). The van der Waals surface area contributed by atoms with Gasteiger partial charge in [0, 0.05) is 37.0 Å². The lowest BCUT2D eigenvalue weighted by atomic mass is 10.0. The zero-order valence-corrected chi connectivity index (χ0v) is 11.3. The molecule has 4 heteroatoms. The summed E-state index contributed by atoms with van der Waals surface area (Å²) in [5, 5.41) is 16.8. The number of nitrogens with zero attached hydrogens (tertiary/aromatic N) is 2. The van der Waals surface area contributed by atoms with Crippen LogP contribution >= 0.6 is 0 Å². The van der Waals surface area contributed by atoms with E-state index in [0.29, 0.717) is 18.0 Å². The maximum absolute atomic E-state index is 9.00. The molecule has 0 aliphatic rings. The van der Waals surface area contributed by atoms with Crippen LogP contribution in [0.4, 0.5) is 0 Å². The Morgan fingerprint density at radius 3 is 2.53 bits per heavy atom. The number of nitrogens with one attached hydrogen (secondary N) is 1. The fourth-order valence-electron chi connectivity index (χ4n) is 1.81. The lowest BCUT2D eigenvalue weighted by Crippen LogP contribution is -2.34. The molecule has 1 heterocycles. The van der Waals surface area contributed by atoms with E-state index in [1.807, 2.05) is 10.9 Å². The Balaban J connectivity index is 2.47. The molecule has 98 valence electrons. The molecule has 1 aromatic heterocycles. The number of aromatic nitrogens is 2. The van der Waals surface area contributed by atoms with Gasteiger partial charge < -0.3 is 10.4 Å². The maximum Gasteiger partial charge on any atom is 0.0534 e.